The second kappa shape index (κ2) is 8.31. The zero-order chi connectivity index (χ0) is 17.2. The highest BCUT2D eigenvalue weighted by Crippen LogP contribution is 2.52. The van der Waals surface area contributed by atoms with E-state index in [1.54, 1.807) is 48.5 Å². The zero-order valence-electron chi connectivity index (χ0n) is 11.4. The van der Waals surface area contributed by atoms with E-state index in [4.69, 9.17) is 57.6 Å². The van der Waals surface area contributed by atoms with Gasteiger partial charge in [-0.3, -0.25) is 0 Å². The normalized spacial score (nSPS) is 12.4. The fourth-order valence-corrected chi connectivity index (χ4v) is 7.84. The van der Waals surface area contributed by atoms with E-state index in [2.05, 4.69) is 0 Å². The first-order valence-corrected chi connectivity index (χ1v) is 12.4. The summed E-state index contributed by atoms with van der Waals surface area (Å²) in [5.41, 5.74) is 1.44. The highest BCUT2D eigenvalue weighted by atomic mass is 35.7. The van der Waals surface area contributed by atoms with Crippen molar-refractivity contribution in [3.05, 3.63) is 59.7 Å². The number of alkyl halides is 4. The van der Waals surface area contributed by atoms with Gasteiger partial charge in [0, 0.05) is 9.79 Å². The minimum absolute atomic E-state index is 0.645. The van der Waals surface area contributed by atoms with Gasteiger partial charge in [0.15, 0.2) is 0 Å². The van der Waals surface area contributed by atoms with Crippen LogP contribution in [0.3, 0.4) is 0 Å². The molecule has 0 aliphatic carbocycles. The molecule has 2 nitrogen and oxygen atoms in total. The molecule has 0 saturated carbocycles. The summed E-state index contributed by atoms with van der Waals surface area (Å²) in [6, 6.07) is 13.9. The van der Waals surface area contributed by atoms with E-state index in [1.165, 1.54) is 0 Å². The molecule has 0 spiro atoms. The van der Waals surface area contributed by atoms with Crippen LogP contribution in [0.15, 0.2) is 58.3 Å². The topological polar surface area (TPSA) is 40.5 Å². The van der Waals surface area contributed by atoms with Crippen molar-refractivity contribution in [2.24, 2.45) is 0 Å². The van der Waals surface area contributed by atoms with Gasteiger partial charge in [-0.1, -0.05) is 34.3 Å². The first-order chi connectivity index (χ1) is 10.7. The van der Waals surface area contributed by atoms with Gasteiger partial charge in [-0.25, -0.2) is 0 Å². The van der Waals surface area contributed by atoms with Crippen LogP contribution in [0.25, 0.3) is 0 Å². The van der Waals surface area contributed by atoms with Crippen molar-refractivity contribution in [2.75, 3.05) is 0 Å². The molecule has 2 aromatic carbocycles. The summed E-state index contributed by atoms with van der Waals surface area (Å²) in [5, 5.41) is 0. The van der Waals surface area contributed by atoms with Gasteiger partial charge in [-0.2, -0.15) is 0 Å². The van der Waals surface area contributed by atoms with E-state index < -0.39 is 25.6 Å². The SMILES string of the molecule is OP(O)(Cl)=S(c1ccc(C(Cl)Cl)cc1)c1ccc(C(Cl)Cl)cc1. The van der Waals surface area contributed by atoms with Gasteiger partial charge in [0.25, 0.3) is 0 Å². The fraction of sp³-hybridized carbons (Fsp3) is 0.143. The Bertz CT molecular complexity index is 664. The van der Waals surface area contributed by atoms with Gasteiger partial charge >= 0.3 is 0 Å². The Kier molecular flexibility index (Phi) is 7.20. The fourth-order valence-electron chi connectivity index (χ4n) is 1.89. The van der Waals surface area contributed by atoms with Crippen LogP contribution in [-0.4, -0.2) is 9.79 Å². The van der Waals surface area contributed by atoms with E-state index in [9.17, 15) is 9.79 Å². The summed E-state index contributed by atoms with van der Waals surface area (Å²) in [4.78, 5) is 20.2. The van der Waals surface area contributed by atoms with Crippen LogP contribution >= 0.6 is 63.5 Å². The van der Waals surface area contributed by atoms with Crippen LogP contribution in [0.2, 0.25) is 0 Å². The monoisotopic (exact) mass is 450 g/mol. The molecule has 126 valence electrons. The largest absolute Gasteiger partial charge is 0.337 e. The Morgan fingerprint density at radius 3 is 1.22 bits per heavy atom. The van der Waals surface area contributed by atoms with Gasteiger partial charge in [0.05, 0.1) is 0 Å². The Labute approximate surface area is 161 Å². The molecule has 2 aromatic rings. The highest BCUT2D eigenvalue weighted by Gasteiger charge is 2.18. The van der Waals surface area contributed by atoms with Gasteiger partial charge in [0.2, 0.25) is 5.84 Å². The molecule has 0 aliphatic rings. The maximum absolute atomic E-state index is 10.1. The highest BCUT2D eigenvalue weighted by molar-refractivity contribution is 8.37. The third-order valence-corrected chi connectivity index (χ3v) is 9.75. The molecule has 2 N–H and O–H groups in total. The number of hydrogen-bond acceptors (Lipinski definition) is 0. The molecule has 0 aromatic heterocycles. The Balaban J connectivity index is 2.51. The van der Waals surface area contributed by atoms with E-state index in [0.717, 1.165) is 11.1 Å². The maximum atomic E-state index is 10.1. The lowest BCUT2D eigenvalue weighted by molar-refractivity contribution is 0.500. The molecule has 0 bridgehead atoms. The molecule has 2 rings (SSSR count). The van der Waals surface area contributed by atoms with E-state index in [1.807, 2.05) is 0 Å². The second-order valence-electron chi connectivity index (χ2n) is 4.50. The van der Waals surface area contributed by atoms with Crippen molar-refractivity contribution in [1.82, 2.24) is 0 Å². The zero-order valence-corrected chi connectivity index (χ0v) is 16.9. The Morgan fingerprint density at radius 2 is 1.00 bits per heavy atom. The van der Waals surface area contributed by atoms with E-state index >= 15 is 0 Å². The average Bonchev–Trinajstić information content (AvgIpc) is 2.47. The molecule has 9 heteroatoms. The van der Waals surface area contributed by atoms with Crippen LogP contribution in [0.1, 0.15) is 20.8 Å². The molecule has 0 fully saturated rings. The van der Waals surface area contributed by atoms with E-state index in [0.29, 0.717) is 9.79 Å². The van der Waals surface area contributed by atoms with Crippen molar-refractivity contribution in [1.29, 1.82) is 0 Å². The smallest absolute Gasteiger partial charge is 0.244 e. The van der Waals surface area contributed by atoms with Crippen LogP contribution in [0.4, 0.5) is 0 Å². The standard InChI is InChI=1S/C14H12Cl5O2PS/c15-13(16)9-1-5-11(6-2-9)23(22(19,20)21)12-7-3-10(4-8-12)14(17)18/h1-8,13-14,20-21H. The molecule has 0 atom stereocenters. The predicted octanol–water partition coefficient (Wildman–Crippen LogP) is 6.58. The van der Waals surface area contributed by atoms with E-state index in [-0.39, 0.29) is 0 Å². The predicted molar refractivity (Wildman–Crippen MR) is 103 cm³/mol. The quantitative estimate of drug-likeness (QED) is 0.407. The first kappa shape index (κ1) is 19.9. The maximum Gasteiger partial charge on any atom is 0.244 e. The lowest BCUT2D eigenvalue weighted by atomic mass is 10.2. The summed E-state index contributed by atoms with van der Waals surface area (Å²) in [6.45, 7) is 0. The van der Waals surface area contributed by atoms with Crippen LogP contribution in [-0.2, 0) is 10.1 Å². The third kappa shape index (κ3) is 5.28. The van der Waals surface area contributed by atoms with Crippen molar-refractivity contribution in [3.8, 4) is 0 Å². The average molecular weight is 453 g/mol. The molecule has 0 heterocycles. The van der Waals surface area contributed by atoms with Gasteiger partial charge in [-0.15, -0.1) is 46.4 Å². The number of hydrogen-bond donors (Lipinski definition) is 2. The summed E-state index contributed by atoms with van der Waals surface area (Å²) in [6.07, 6.45) is 0. The third-order valence-electron chi connectivity index (χ3n) is 2.94. The summed E-state index contributed by atoms with van der Waals surface area (Å²) in [5.74, 6) is -3.68. The van der Waals surface area contributed by atoms with Crippen molar-refractivity contribution in [3.63, 3.8) is 0 Å². The Morgan fingerprint density at radius 1 is 0.696 bits per heavy atom. The van der Waals surface area contributed by atoms with Gasteiger partial charge in [-0.05, 0) is 46.6 Å². The summed E-state index contributed by atoms with van der Waals surface area (Å²) >= 11 is 29.2. The number of rotatable bonds is 4. The van der Waals surface area contributed by atoms with Crippen molar-refractivity contribution >= 4 is 73.6 Å². The number of benzene rings is 2. The van der Waals surface area contributed by atoms with Crippen LogP contribution < -0.4 is 0 Å². The molecular weight excluding hydrogens is 440 g/mol. The molecule has 0 saturated heterocycles. The molecule has 0 amide bonds. The molecule has 0 unspecified atom stereocenters. The second-order valence-corrected chi connectivity index (χ2v) is 13.8. The summed E-state index contributed by atoms with van der Waals surface area (Å²) < 4.78 is 0. The van der Waals surface area contributed by atoms with Crippen LogP contribution in [0.5, 0.6) is 0 Å². The van der Waals surface area contributed by atoms with Crippen LogP contribution in [0, 0.1) is 0 Å². The minimum atomic E-state index is -3.68. The first-order valence-electron chi connectivity index (χ1n) is 6.25. The van der Waals surface area contributed by atoms with Gasteiger partial charge in [0.1, 0.15) is 9.67 Å². The van der Waals surface area contributed by atoms with Crippen molar-refractivity contribution < 1.29 is 9.79 Å². The molecule has 0 aliphatic heterocycles. The number of halogens is 5. The molecule has 0 radical (unpaired) electrons. The minimum Gasteiger partial charge on any atom is -0.337 e. The molecule has 23 heavy (non-hydrogen) atoms. The lowest BCUT2D eigenvalue weighted by Gasteiger charge is -2.17. The van der Waals surface area contributed by atoms with Crippen molar-refractivity contribution in [2.45, 2.75) is 19.5 Å². The lowest BCUT2D eigenvalue weighted by Crippen LogP contribution is -1.96. The Hall–Kier alpha value is 0.590. The van der Waals surface area contributed by atoms with Gasteiger partial charge < -0.3 is 9.79 Å². The molecular formula is C14H12Cl5O2PS. The summed E-state index contributed by atoms with van der Waals surface area (Å²) in [7, 11) is -1.10.